The second kappa shape index (κ2) is 10.9. The Morgan fingerprint density at radius 3 is 2.39 bits per heavy atom. The topological polar surface area (TPSA) is 84.9 Å². The highest BCUT2D eigenvalue weighted by atomic mass is 79.9. The second-order valence-corrected chi connectivity index (χ2v) is 9.49. The summed E-state index contributed by atoms with van der Waals surface area (Å²) >= 11 is 7.30. The molecule has 0 saturated heterocycles. The van der Waals surface area contributed by atoms with Crippen LogP contribution < -0.4 is 5.32 Å². The van der Waals surface area contributed by atoms with Crippen molar-refractivity contribution in [3.05, 3.63) is 70.7 Å². The van der Waals surface area contributed by atoms with Crippen LogP contribution in [0.1, 0.15) is 31.9 Å². The Morgan fingerprint density at radius 1 is 1.06 bits per heavy atom. The van der Waals surface area contributed by atoms with Crippen LogP contribution in [0.2, 0.25) is 0 Å². The average Bonchev–Trinajstić information content (AvgIpc) is 2.79. The summed E-state index contributed by atoms with van der Waals surface area (Å²) in [6, 6.07) is 17.9. The van der Waals surface area contributed by atoms with Crippen LogP contribution in [0.25, 0.3) is 10.8 Å². The second-order valence-electron chi connectivity index (χ2n) is 8.25. The molecule has 0 aromatic heterocycles. The van der Waals surface area contributed by atoms with Crippen molar-refractivity contribution in [3.8, 4) is 5.75 Å². The molecule has 3 aromatic carbocycles. The number of carbonyl (C=O) groups excluding carboxylic acids is 2. The number of esters is 1. The molecule has 1 amide bonds. The van der Waals surface area contributed by atoms with E-state index in [0.717, 1.165) is 15.4 Å². The van der Waals surface area contributed by atoms with Crippen LogP contribution in [-0.4, -0.2) is 29.5 Å². The Balaban J connectivity index is 1.92. The van der Waals surface area contributed by atoms with Gasteiger partial charge in [0.1, 0.15) is 11.9 Å². The van der Waals surface area contributed by atoms with Gasteiger partial charge in [0, 0.05) is 26.5 Å². The summed E-state index contributed by atoms with van der Waals surface area (Å²) in [4.78, 5) is 24.4. The number of benzene rings is 3. The van der Waals surface area contributed by atoms with Crippen LogP contribution in [0.5, 0.6) is 5.75 Å². The van der Waals surface area contributed by atoms with E-state index >= 15 is 0 Å². The molecule has 0 bridgehead atoms. The smallest absolute Gasteiger partial charge is 0.412 e. The van der Waals surface area contributed by atoms with Gasteiger partial charge in [-0.15, -0.1) is 0 Å². The van der Waals surface area contributed by atoms with Gasteiger partial charge >= 0.3 is 12.1 Å². The molecule has 0 aliphatic rings. The Morgan fingerprint density at radius 2 is 1.73 bits per heavy atom. The SMILES string of the molecule is CC(C)(CCOC(=O)CS)[C@@H](OC(=O)Nc1ccc(Br)cc1)c1ccc(O)c2ccccc12. The molecule has 8 heteroatoms. The van der Waals surface area contributed by atoms with E-state index in [1.54, 1.807) is 24.3 Å². The fraction of sp³-hybridized carbons (Fsp3) is 0.280. The van der Waals surface area contributed by atoms with E-state index in [9.17, 15) is 14.7 Å². The molecule has 0 aliphatic heterocycles. The number of nitrogens with one attached hydrogen (secondary N) is 1. The van der Waals surface area contributed by atoms with Crippen LogP contribution >= 0.6 is 28.6 Å². The summed E-state index contributed by atoms with van der Waals surface area (Å²) in [5, 5.41) is 14.5. The van der Waals surface area contributed by atoms with Crippen molar-refractivity contribution < 1.29 is 24.2 Å². The fourth-order valence-corrected chi connectivity index (χ4v) is 3.93. The Bertz CT molecular complexity index is 1130. The molecule has 0 spiro atoms. The van der Waals surface area contributed by atoms with Crippen LogP contribution in [0, 0.1) is 5.41 Å². The number of phenolic OH excluding ortho intramolecular Hbond substituents is 1. The first-order chi connectivity index (χ1) is 15.7. The van der Waals surface area contributed by atoms with Crippen molar-refractivity contribution in [1.82, 2.24) is 0 Å². The Labute approximate surface area is 206 Å². The number of fused-ring (bicyclic) bond motifs is 1. The van der Waals surface area contributed by atoms with Gasteiger partial charge in [0.15, 0.2) is 0 Å². The Hall–Kier alpha value is -2.71. The predicted molar refractivity (Wildman–Crippen MR) is 136 cm³/mol. The van der Waals surface area contributed by atoms with Crippen LogP contribution in [-0.2, 0) is 14.3 Å². The van der Waals surface area contributed by atoms with E-state index in [1.165, 1.54) is 0 Å². The number of carbonyl (C=O) groups is 2. The maximum Gasteiger partial charge on any atom is 0.412 e. The molecule has 2 N–H and O–H groups in total. The van der Waals surface area contributed by atoms with Crippen molar-refractivity contribution in [2.24, 2.45) is 5.41 Å². The molecule has 0 aliphatic carbocycles. The van der Waals surface area contributed by atoms with Gasteiger partial charge in [-0.1, -0.05) is 60.1 Å². The van der Waals surface area contributed by atoms with Crippen molar-refractivity contribution in [1.29, 1.82) is 0 Å². The number of aromatic hydroxyl groups is 1. The standard InChI is InChI=1S/C25H26BrNO5S/c1-25(2,13-14-31-22(29)15-33)23(32-24(30)27-17-9-7-16(26)8-10-17)20-11-12-21(28)19-6-4-3-5-18(19)20/h3-12,23,28,33H,13-15H2,1-2H3,(H,27,30)/t23-/m0/s1. The lowest BCUT2D eigenvalue weighted by atomic mass is 9.78. The lowest BCUT2D eigenvalue weighted by Gasteiger charge is -2.34. The minimum absolute atomic E-state index is 0.00144. The van der Waals surface area contributed by atoms with Gasteiger partial charge in [0.25, 0.3) is 0 Å². The molecular weight excluding hydrogens is 506 g/mol. The average molecular weight is 532 g/mol. The van der Waals surface area contributed by atoms with E-state index in [4.69, 9.17) is 9.47 Å². The molecule has 3 rings (SSSR count). The maximum absolute atomic E-state index is 12.9. The zero-order valence-electron chi connectivity index (χ0n) is 18.4. The first-order valence-corrected chi connectivity index (χ1v) is 11.8. The van der Waals surface area contributed by atoms with Crippen molar-refractivity contribution in [2.45, 2.75) is 26.4 Å². The van der Waals surface area contributed by atoms with E-state index in [1.807, 2.05) is 50.2 Å². The van der Waals surface area contributed by atoms with Crippen LogP contribution in [0.4, 0.5) is 10.5 Å². The van der Waals surface area contributed by atoms with Gasteiger partial charge in [0.05, 0.1) is 12.4 Å². The lowest BCUT2D eigenvalue weighted by Crippen LogP contribution is -2.30. The number of ether oxygens (including phenoxy) is 2. The number of amides is 1. The van der Waals surface area contributed by atoms with Gasteiger partial charge in [-0.25, -0.2) is 4.79 Å². The number of halogens is 1. The zero-order chi connectivity index (χ0) is 24.0. The van der Waals surface area contributed by atoms with Crippen LogP contribution in [0.15, 0.2) is 65.1 Å². The highest BCUT2D eigenvalue weighted by Crippen LogP contribution is 2.43. The molecule has 6 nitrogen and oxygen atoms in total. The minimum Gasteiger partial charge on any atom is -0.507 e. The zero-order valence-corrected chi connectivity index (χ0v) is 20.9. The Kier molecular flexibility index (Phi) is 8.26. The molecule has 0 heterocycles. The molecule has 3 aromatic rings. The molecule has 0 unspecified atom stereocenters. The summed E-state index contributed by atoms with van der Waals surface area (Å²) < 4.78 is 12.1. The molecule has 33 heavy (non-hydrogen) atoms. The lowest BCUT2D eigenvalue weighted by molar-refractivity contribution is -0.141. The maximum atomic E-state index is 12.9. The molecule has 0 saturated carbocycles. The number of phenols is 1. The van der Waals surface area contributed by atoms with Gasteiger partial charge in [-0.05, 0) is 42.1 Å². The summed E-state index contributed by atoms with van der Waals surface area (Å²) in [6.45, 7) is 4.05. The van der Waals surface area contributed by atoms with E-state index in [2.05, 4.69) is 33.9 Å². The largest absolute Gasteiger partial charge is 0.507 e. The summed E-state index contributed by atoms with van der Waals surface area (Å²) in [6.07, 6.45) is -0.856. The number of rotatable bonds is 8. The van der Waals surface area contributed by atoms with Gasteiger partial charge in [0.2, 0.25) is 0 Å². The normalized spacial score (nSPS) is 12.2. The quantitative estimate of drug-likeness (QED) is 0.228. The van der Waals surface area contributed by atoms with E-state index in [0.29, 0.717) is 17.5 Å². The summed E-state index contributed by atoms with van der Waals surface area (Å²) in [5.41, 5.74) is 0.742. The van der Waals surface area contributed by atoms with Gasteiger partial charge in [-0.3, -0.25) is 10.1 Å². The molecule has 174 valence electrons. The molecular formula is C25H26BrNO5S. The van der Waals surface area contributed by atoms with Gasteiger partial charge in [-0.2, -0.15) is 12.6 Å². The fourth-order valence-electron chi connectivity index (χ4n) is 3.57. The third-order valence-corrected chi connectivity index (χ3v) is 6.17. The van der Waals surface area contributed by atoms with E-state index < -0.39 is 23.6 Å². The third kappa shape index (κ3) is 6.42. The van der Waals surface area contributed by atoms with Crippen molar-refractivity contribution in [2.75, 3.05) is 17.7 Å². The molecule has 0 fully saturated rings. The third-order valence-electron chi connectivity index (χ3n) is 5.38. The molecule has 1 atom stereocenters. The minimum atomic E-state index is -0.687. The summed E-state index contributed by atoms with van der Waals surface area (Å²) in [7, 11) is 0. The number of thiol groups is 1. The highest BCUT2D eigenvalue weighted by Gasteiger charge is 2.36. The monoisotopic (exact) mass is 531 g/mol. The first kappa shape index (κ1) is 24.9. The van der Waals surface area contributed by atoms with E-state index in [-0.39, 0.29) is 18.1 Å². The molecule has 0 radical (unpaired) electrons. The summed E-state index contributed by atoms with van der Waals surface area (Å²) in [5.74, 6) is -0.263. The number of hydrogen-bond donors (Lipinski definition) is 3. The van der Waals surface area contributed by atoms with Crippen molar-refractivity contribution in [3.63, 3.8) is 0 Å². The van der Waals surface area contributed by atoms with Gasteiger partial charge < -0.3 is 14.6 Å². The van der Waals surface area contributed by atoms with Crippen molar-refractivity contribution >= 4 is 57.1 Å². The first-order valence-electron chi connectivity index (χ1n) is 10.4. The number of hydrogen-bond acceptors (Lipinski definition) is 6. The number of anilines is 1. The highest BCUT2D eigenvalue weighted by molar-refractivity contribution is 9.10. The predicted octanol–water partition coefficient (Wildman–Crippen LogP) is 6.49. The van der Waals surface area contributed by atoms with Crippen LogP contribution in [0.3, 0.4) is 0 Å².